The zero-order valence-corrected chi connectivity index (χ0v) is 19.8. The lowest BCUT2D eigenvalue weighted by atomic mass is 10.1. The molecule has 10 heteroatoms. The minimum absolute atomic E-state index is 0.0204. The van der Waals surface area contributed by atoms with Crippen molar-refractivity contribution in [3.05, 3.63) is 12.2 Å². The minimum atomic E-state index is -0.605. The molecule has 0 fully saturated rings. The number of carbonyl (C=O) groups is 5. The highest BCUT2D eigenvalue weighted by atomic mass is 16.6. The summed E-state index contributed by atoms with van der Waals surface area (Å²) in [7, 11) is 0. The predicted molar refractivity (Wildman–Crippen MR) is 116 cm³/mol. The number of rotatable bonds is 15. The zero-order valence-electron chi connectivity index (χ0n) is 19.8. The lowest BCUT2D eigenvalue weighted by molar-refractivity contribution is -0.156. The van der Waals surface area contributed by atoms with Crippen LogP contribution in [0.3, 0.4) is 0 Å². The van der Waals surface area contributed by atoms with E-state index in [9.17, 15) is 24.0 Å². The molecule has 0 radical (unpaired) electrons. The Kier molecular flexibility index (Phi) is 19.6. The third-order valence-electron chi connectivity index (χ3n) is 4.03. The molecular formula is C22H37NO9. The Hall–Kier alpha value is -2.91. The van der Waals surface area contributed by atoms with Gasteiger partial charge in [-0.05, 0) is 26.7 Å². The monoisotopic (exact) mass is 459 g/mol. The fraction of sp³-hybridized carbons (Fsp3) is 0.682. The van der Waals surface area contributed by atoms with Gasteiger partial charge in [0.05, 0.1) is 18.8 Å². The highest BCUT2D eigenvalue weighted by Gasteiger charge is 2.13. The molecule has 184 valence electrons. The number of hydrogen-bond acceptors (Lipinski definition) is 9. The zero-order chi connectivity index (χ0) is 24.9. The average molecular weight is 460 g/mol. The molecule has 0 rings (SSSR count). The maximum atomic E-state index is 11.4. The van der Waals surface area contributed by atoms with Gasteiger partial charge in [-0.2, -0.15) is 0 Å². The van der Waals surface area contributed by atoms with E-state index in [0.717, 1.165) is 12.8 Å². The molecule has 1 amide bonds. The highest BCUT2D eigenvalue weighted by Crippen LogP contribution is 2.03. The molecule has 0 spiro atoms. The maximum Gasteiger partial charge on any atom is 0.333 e. The van der Waals surface area contributed by atoms with Crippen molar-refractivity contribution in [3.63, 3.8) is 0 Å². The van der Waals surface area contributed by atoms with Gasteiger partial charge in [0.1, 0.15) is 26.4 Å². The van der Waals surface area contributed by atoms with Crippen LogP contribution in [0.1, 0.15) is 60.3 Å². The third-order valence-corrected chi connectivity index (χ3v) is 4.03. The third kappa shape index (κ3) is 19.1. The van der Waals surface area contributed by atoms with Gasteiger partial charge in [-0.1, -0.05) is 27.4 Å². The van der Waals surface area contributed by atoms with E-state index in [1.807, 2.05) is 20.8 Å². The van der Waals surface area contributed by atoms with Gasteiger partial charge in [0.25, 0.3) is 0 Å². The number of amides is 1. The van der Waals surface area contributed by atoms with E-state index < -0.39 is 17.9 Å². The van der Waals surface area contributed by atoms with Crippen molar-refractivity contribution in [2.45, 2.75) is 66.3 Å². The van der Waals surface area contributed by atoms with Crippen LogP contribution >= 0.6 is 0 Å². The average Bonchev–Trinajstić information content (AvgIpc) is 2.77. The van der Waals surface area contributed by atoms with Crippen LogP contribution in [-0.2, 0) is 42.9 Å². The van der Waals surface area contributed by atoms with Crippen LogP contribution in [0.5, 0.6) is 0 Å². The molecule has 0 aliphatic heterocycles. The summed E-state index contributed by atoms with van der Waals surface area (Å²) in [5.74, 6) is -2.29. The van der Waals surface area contributed by atoms with Crippen LogP contribution in [-0.4, -0.2) is 62.8 Å². The van der Waals surface area contributed by atoms with Crippen molar-refractivity contribution in [1.29, 1.82) is 0 Å². The quantitative estimate of drug-likeness (QED) is 0.128. The van der Waals surface area contributed by atoms with E-state index in [1.165, 1.54) is 6.92 Å². The van der Waals surface area contributed by atoms with E-state index in [2.05, 4.69) is 11.9 Å². The Morgan fingerprint density at radius 1 is 0.844 bits per heavy atom. The first-order chi connectivity index (χ1) is 15.1. The first-order valence-corrected chi connectivity index (χ1v) is 10.6. The second kappa shape index (κ2) is 20.0. The summed E-state index contributed by atoms with van der Waals surface area (Å²) in [6, 6.07) is 0.331. The lowest BCUT2D eigenvalue weighted by Gasteiger charge is -2.09. The van der Waals surface area contributed by atoms with E-state index in [0.29, 0.717) is 12.5 Å². The Morgan fingerprint density at radius 3 is 1.69 bits per heavy atom. The summed E-state index contributed by atoms with van der Waals surface area (Å²) in [6.45, 7) is 12.3. The van der Waals surface area contributed by atoms with Crippen molar-refractivity contribution in [1.82, 2.24) is 5.32 Å². The molecule has 0 heterocycles. The molecule has 0 aliphatic carbocycles. The number of esters is 4. The summed E-state index contributed by atoms with van der Waals surface area (Å²) >= 11 is 0. The summed E-state index contributed by atoms with van der Waals surface area (Å²) in [6.07, 6.45) is 2.10. The van der Waals surface area contributed by atoms with Crippen molar-refractivity contribution in [2.24, 2.45) is 5.92 Å². The number of carbonyl (C=O) groups excluding carboxylic acids is 5. The molecule has 2 atom stereocenters. The van der Waals surface area contributed by atoms with E-state index in [1.54, 1.807) is 6.92 Å². The van der Waals surface area contributed by atoms with Crippen LogP contribution in [0.2, 0.25) is 0 Å². The molecule has 1 N–H and O–H groups in total. The standard InChI is InChI=1S/C17H26O8.C5H11NO/c1-5-13(4)17(21)25-11-9-23-15(19)7-6-14(18)22-8-10-24-16(20)12(2)3;1-3-5(2)6-4-7/h13H,2,5-11H2,1,3-4H3;4-5H,3H2,1-2H3,(H,6,7). The van der Waals surface area contributed by atoms with Gasteiger partial charge < -0.3 is 24.3 Å². The van der Waals surface area contributed by atoms with Crippen molar-refractivity contribution < 1.29 is 42.9 Å². The Bertz CT molecular complexity index is 604. The second-order valence-corrected chi connectivity index (χ2v) is 6.93. The number of nitrogens with one attached hydrogen (secondary N) is 1. The van der Waals surface area contributed by atoms with Gasteiger partial charge in [-0.25, -0.2) is 4.79 Å². The molecule has 0 bridgehead atoms. The SMILES string of the molecule is C=C(C)C(=O)OCCOC(=O)CCC(=O)OCCOC(=O)C(C)CC.CCC(C)NC=O. The smallest absolute Gasteiger partial charge is 0.333 e. The van der Waals surface area contributed by atoms with E-state index in [-0.39, 0.29) is 56.7 Å². The van der Waals surface area contributed by atoms with Gasteiger partial charge in [0.15, 0.2) is 0 Å². The van der Waals surface area contributed by atoms with Gasteiger partial charge in [-0.15, -0.1) is 0 Å². The minimum Gasteiger partial charge on any atom is -0.462 e. The van der Waals surface area contributed by atoms with E-state index >= 15 is 0 Å². The first kappa shape index (κ1) is 31.3. The summed E-state index contributed by atoms with van der Waals surface area (Å²) in [4.78, 5) is 54.9. The van der Waals surface area contributed by atoms with E-state index in [4.69, 9.17) is 18.9 Å². The molecule has 0 aromatic heterocycles. The molecular weight excluding hydrogens is 422 g/mol. The summed E-state index contributed by atoms with van der Waals surface area (Å²) in [5.41, 5.74) is 0.254. The summed E-state index contributed by atoms with van der Waals surface area (Å²) in [5, 5.41) is 2.61. The largest absolute Gasteiger partial charge is 0.462 e. The molecule has 10 nitrogen and oxygen atoms in total. The first-order valence-electron chi connectivity index (χ1n) is 10.6. The normalized spacial score (nSPS) is 11.5. The van der Waals surface area contributed by atoms with Crippen molar-refractivity contribution in [2.75, 3.05) is 26.4 Å². The predicted octanol–water partition coefficient (Wildman–Crippen LogP) is 2.09. The van der Waals surface area contributed by atoms with Crippen molar-refractivity contribution >= 4 is 30.3 Å². The van der Waals surface area contributed by atoms with Gasteiger partial charge in [0, 0.05) is 11.6 Å². The highest BCUT2D eigenvalue weighted by molar-refractivity contribution is 5.86. The Morgan fingerprint density at radius 2 is 1.31 bits per heavy atom. The van der Waals surface area contributed by atoms with Gasteiger partial charge in [0.2, 0.25) is 6.41 Å². The summed E-state index contributed by atoms with van der Waals surface area (Å²) < 4.78 is 19.3. The molecule has 0 saturated carbocycles. The molecule has 2 unspecified atom stereocenters. The van der Waals surface area contributed by atoms with Crippen molar-refractivity contribution in [3.8, 4) is 0 Å². The number of ether oxygens (including phenoxy) is 4. The van der Waals surface area contributed by atoms with Gasteiger partial charge >= 0.3 is 23.9 Å². The van der Waals surface area contributed by atoms with Gasteiger partial charge in [-0.3, -0.25) is 19.2 Å². The fourth-order valence-corrected chi connectivity index (χ4v) is 1.60. The van der Waals surface area contributed by atoms with Crippen LogP contribution < -0.4 is 5.32 Å². The maximum absolute atomic E-state index is 11.4. The Balaban J connectivity index is 0. The molecule has 32 heavy (non-hydrogen) atoms. The second-order valence-electron chi connectivity index (χ2n) is 6.93. The fourth-order valence-electron chi connectivity index (χ4n) is 1.60. The topological polar surface area (TPSA) is 134 Å². The number of hydrogen-bond donors (Lipinski definition) is 1. The molecule has 0 aromatic carbocycles. The molecule has 0 aromatic rings. The Labute approximate surface area is 190 Å². The molecule has 0 saturated heterocycles. The lowest BCUT2D eigenvalue weighted by Crippen LogP contribution is -2.22. The molecule has 0 aliphatic rings. The van der Waals surface area contributed by atoms with Crippen LogP contribution in [0, 0.1) is 5.92 Å². The van der Waals surface area contributed by atoms with Crippen LogP contribution in [0.25, 0.3) is 0 Å². The van der Waals surface area contributed by atoms with Crippen LogP contribution in [0.4, 0.5) is 0 Å². The van der Waals surface area contributed by atoms with Crippen LogP contribution in [0.15, 0.2) is 12.2 Å².